The number of rotatable bonds is 6. The molecule has 2 aromatic carbocycles. The Kier molecular flexibility index (Phi) is 5.82. The average molecular weight is 405 g/mol. The third-order valence-corrected chi connectivity index (χ3v) is 4.92. The Morgan fingerprint density at radius 1 is 1.00 bits per heavy atom. The zero-order chi connectivity index (χ0) is 20.3. The Bertz CT molecular complexity index is 881. The summed E-state index contributed by atoms with van der Waals surface area (Å²) in [4.78, 5) is 13.0. The molecule has 0 bridgehead atoms. The molecule has 0 saturated heterocycles. The molecule has 28 heavy (non-hydrogen) atoms. The first-order valence-electron chi connectivity index (χ1n) is 8.51. The second-order valence-corrected chi connectivity index (χ2v) is 6.46. The minimum Gasteiger partial charge on any atom is -0.493 e. The zero-order valence-electron chi connectivity index (χ0n) is 16.1. The highest BCUT2D eigenvalue weighted by Crippen LogP contribution is 2.49. The second kappa shape index (κ2) is 8.12. The van der Waals surface area contributed by atoms with Crippen LogP contribution in [0, 0.1) is 0 Å². The van der Waals surface area contributed by atoms with Crippen LogP contribution in [0.15, 0.2) is 42.5 Å². The van der Waals surface area contributed by atoms with Crippen molar-refractivity contribution in [2.24, 2.45) is 0 Å². The van der Waals surface area contributed by atoms with E-state index >= 15 is 0 Å². The zero-order valence-corrected chi connectivity index (χ0v) is 16.8. The predicted octanol–water partition coefficient (Wildman–Crippen LogP) is 3.85. The summed E-state index contributed by atoms with van der Waals surface area (Å²) in [6.45, 7) is 0.240. The van der Waals surface area contributed by atoms with Gasteiger partial charge in [-0.05, 0) is 29.8 Å². The Balaban J connectivity index is 2.25. The molecule has 0 amide bonds. The summed E-state index contributed by atoms with van der Waals surface area (Å²) in [5, 5.41) is 0.597. The van der Waals surface area contributed by atoms with Gasteiger partial charge in [0.25, 0.3) is 0 Å². The van der Waals surface area contributed by atoms with Gasteiger partial charge in [-0.3, -0.25) is 0 Å². The Hall–Kier alpha value is -2.70. The molecular formula is C21H21ClO6. The van der Waals surface area contributed by atoms with Crippen LogP contribution in [0.2, 0.25) is 5.02 Å². The quantitative estimate of drug-likeness (QED) is 0.681. The summed E-state index contributed by atoms with van der Waals surface area (Å²) in [5.41, 5.74) is 0.481. The van der Waals surface area contributed by atoms with Gasteiger partial charge in [0.1, 0.15) is 0 Å². The highest BCUT2D eigenvalue weighted by molar-refractivity contribution is 6.30. The molecule has 1 aliphatic heterocycles. The minimum atomic E-state index is -1.48. The van der Waals surface area contributed by atoms with Gasteiger partial charge < -0.3 is 23.7 Å². The third-order valence-electron chi connectivity index (χ3n) is 4.67. The third kappa shape index (κ3) is 3.19. The fourth-order valence-electron chi connectivity index (χ4n) is 3.38. The molecular weight excluding hydrogens is 384 g/mol. The molecule has 1 unspecified atom stereocenters. The summed E-state index contributed by atoms with van der Waals surface area (Å²) in [7, 11) is 5.86. The maximum atomic E-state index is 13.0. The van der Waals surface area contributed by atoms with E-state index in [1.165, 1.54) is 28.4 Å². The van der Waals surface area contributed by atoms with Crippen LogP contribution in [0.3, 0.4) is 0 Å². The Morgan fingerprint density at radius 2 is 1.61 bits per heavy atom. The molecule has 0 aliphatic carbocycles. The van der Waals surface area contributed by atoms with Crippen molar-refractivity contribution in [3.8, 4) is 17.2 Å². The SMILES string of the molecule is COC(=O)C1(c2cc(OC)c(OC)c(OC)c2)OCC=C1c1ccc(Cl)cc1. The van der Waals surface area contributed by atoms with Gasteiger partial charge in [-0.15, -0.1) is 0 Å². The van der Waals surface area contributed by atoms with Crippen LogP contribution in [0.4, 0.5) is 0 Å². The van der Waals surface area contributed by atoms with Crippen molar-refractivity contribution in [1.82, 2.24) is 0 Å². The molecule has 0 radical (unpaired) electrons. The number of benzene rings is 2. The van der Waals surface area contributed by atoms with Crippen molar-refractivity contribution in [2.75, 3.05) is 35.0 Å². The topological polar surface area (TPSA) is 63.2 Å². The van der Waals surface area contributed by atoms with Crippen LogP contribution in [-0.2, 0) is 19.9 Å². The standard InChI is InChI=1S/C21H21ClO6/c1-24-17-11-14(12-18(25-2)19(17)26-3)21(20(23)27-4)16(9-10-28-21)13-5-7-15(22)8-6-13/h5-9,11-12H,10H2,1-4H3. The van der Waals surface area contributed by atoms with Gasteiger partial charge in [0.05, 0.1) is 35.0 Å². The van der Waals surface area contributed by atoms with Crippen molar-refractivity contribution in [1.29, 1.82) is 0 Å². The van der Waals surface area contributed by atoms with E-state index in [-0.39, 0.29) is 6.61 Å². The summed E-state index contributed by atoms with van der Waals surface area (Å²) in [6.07, 6.45) is 1.85. The highest BCUT2D eigenvalue weighted by atomic mass is 35.5. The highest BCUT2D eigenvalue weighted by Gasteiger charge is 2.50. The van der Waals surface area contributed by atoms with E-state index < -0.39 is 11.6 Å². The Morgan fingerprint density at radius 3 is 2.11 bits per heavy atom. The normalized spacial score (nSPS) is 18.4. The van der Waals surface area contributed by atoms with Crippen LogP contribution < -0.4 is 14.2 Å². The number of halogens is 1. The van der Waals surface area contributed by atoms with Gasteiger partial charge in [-0.2, -0.15) is 0 Å². The van der Waals surface area contributed by atoms with Crippen molar-refractivity contribution >= 4 is 23.1 Å². The average Bonchev–Trinajstić information content (AvgIpc) is 3.18. The molecule has 3 rings (SSSR count). The second-order valence-electron chi connectivity index (χ2n) is 6.02. The fourth-order valence-corrected chi connectivity index (χ4v) is 3.50. The summed E-state index contributed by atoms with van der Waals surface area (Å²) in [6, 6.07) is 10.6. The molecule has 6 nitrogen and oxygen atoms in total. The summed E-state index contributed by atoms with van der Waals surface area (Å²) < 4.78 is 27.4. The monoisotopic (exact) mass is 404 g/mol. The number of hydrogen-bond acceptors (Lipinski definition) is 6. The predicted molar refractivity (Wildman–Crippen MR) is 105 cm³/mol. The molecule has 0 spiro atoms. The van der Waals surface area contributed by atoms with Gasteiger partial charge in [-0.1, -0.05) is 29.8 Å². The van der Waals surface area contributed by atoms with E-state index in [1.54, 1.807) is 24.3 Å². The number of ether oxygens (including phenoxy) is 5. The maximum absolute atomic E-state index is 13.0. The van der Waals surface area contributed by atoms with Crippen molar-refractivity contribution in [3.63, 3.8) is 0 Å². The molecule has 0 N–H and O–H groups in total. The lowest BCUT2D eigenvalue weighted by molar-refractivity contribution is -0.160. The van der Waals surface area contributed by atoms with Crippen LogP contribution in [0.25, 0.3) is 5.57 Å². The van der Waals surface area contributed by atoms with Gasteiger partial charge in [-0.25, -0.2) is 4.79 Å². The molecule has 1 aliphatic rings. The molecule has 0 aromatic heterocycles. The smallest absolute Gasteiger partial charge is 0.347 e. The number of hydrogen-bond donors (Lipinski definition) is 0. The molecule has 7 heteroatoms. The van der Waals surface area contributed by atoms with Crippen LogP contribution in [-0.4, -0.2) is 41.0 Å². The van der Waals surface area contributed by atoms with E-state index in [4.69, 9.17) is 35.3 Å². The van der Waals surface area contributed by atoms with E-state index in [9.17, 15) is 4.79 Å². The maximum Gasteiger partial charge on any atom is 0.347 e. The van der Waals surface area contributed by atoms with Gasteiger partial charge >= 0.3 is 5.97 Å². The van der Waals surface area contributed by atoms with E-state index in [0.717, 1.165) is 5.56 Å². The summed E-state index contributed by atoms with van der Waals surface area (Å²) >= 11 is 6.02. The lowest BCUT2D eigenvalue weighted by Crippen LogP contribution is -2.38. The van der Waals surface area contributed by atoms with Gasteiger partial charge in [0, 0.05) is 16.2 Å². The van der Waals surface area contributed by atoms with Crippen molar-refractivity contribution in [2.45, 2.75) is 5.60 Å². The largest absolute Gasteiger partial charge is 0.493 e. The van der Waals surface area contributed by atoms with E-state index in [2.05, 4.69) is 0 Å². The molecule has 0 saturated carbocycles. The Labute approximate surface area is 168 Å². The molecule has 1 atom stereocenters. The number of esters is 1. The molecule has 0 fully saturated rings. The van der Waals surface area contributed by atoms with Crippen molar-refractivity contribution < 1.29 is 28.5 Å². The van der Waals surface area contributed by atoms with Gasteiger partial charge in [0.2, 0.25) is 11.4 Å². The van der Waals surface area contributed by atoms with Crippen LogP contribution >= 0.6 is 11.6 Å². The van der Waals surface area contributed by atoms with Crippen molar-refractivity contribution in [3.05, 3.63) is 58.6 Å². The number of carbonyl (C=O) groups excluding carboxylic acids is 1. The van der Waals surface area contributed by atoms with Crippen LogP contribution in [0.5, 0.6) is 17.2 Å². The lowest BCUT2D eigenvalue weighted by atomic mass is 9.82. The first kappa shape index (κ1) is 20.0. The summed E-state index contributed by atoms with van der Waals surface area (Å²) in [5.74, 6) is 0.682. The number of methoxy groups -OCH3 is 4. The van der Waals surface area contributed by atoms with Gasteiger partial charge in [0.15, 0.2) is 11.5 Å². The first-order chi connectivity index (χ1) is 13.5. The fraction of sp³-hybridized carbons (Fsp3) is 0.286. The lowest BCUT2D eigenvalue weighted by Gasteiger charge is -2.30. The molecule has 2 aromatic rings. The minimum absolute atomic E-state index is 0.240. The van der Waals surface area contributed by atoms with Crippen LogP contribution in [0.1, 0.15) is 11.1 Å². The molecule has 148 valence electrons. The number of carbonyl (C=O) groups is 1. The van der Waals surface area contributed by atoms with E-state index in [1.807, 2.05) is 18.2 Å². The molecule has 1 heterocycles. The first-order valence-corrected chi connectivity index (χ1v) is 8.89. The van der Waals surface area contributed by atoms with E-state index in [0.29, 0.717) is 33.4 Å².